The molecule has 8 heteroatoms. The fourth-order valence-electron chi connectivity index (χ4n) is 2.90. The number of thioether (sulfide) groups is 1. The normalized spacial score (nSPS) is 10.8. The van der Waals surface area contributed by atoms with Gasteiger partial charge in [0.25, 0.3) is 5.91 Å². The van der Waals surface area contributed by atoms with E-state index >= 15 is 0 Å². The van der Waals surface area contributed by atoms with E-state index in [0.717, 1.165) is 10.1 Å². The van der Waals surface area contributed by atoms with Crippen LogP contribution in [-0.2, 0) is 5.75 Å². The summed E-state index contributed by atoms with van der Waals surface area (Å²) in [5, 5.41) is 14.3. The van der Waals surface area contributed by atoms with Crippen LogP contribution >= 0.6 is 34.7 Å². The van der Waals surface area contributed by atoms with Gasteiger partial charge in [0.05, 0.1) is 12.7 Å². The molecule has 0 spiro atoms. The maximum atomic E-state index is 12.6. The van der Waals surface area contributed by atoms with Gasteiger partial charge in [-0.15, -0.1) is 10.2 Å². The number of halogens is 1. The summed E-state index contributed by atoms with van der Waals surface area (Å²) >= 11 is 8.92. The topological polar surface area (TPSA) is 64.1 Å². The molecule has 0 saturated carbocycles. The first kappa shape index (κ1) is 19.7. The second-order valence-electron chi connectivity index (χ2n) is 6.10. The van der Waals surface area contributed by atoms with E-state index in [1.54, 1.807) is 30.0 Å². The van der Waals surface area contributed by atoms with Crippen LogP contribution in [0.25, 0.3) is 10.8 Å². The number of nitrogens with one attached hydrogen (secondary N) is 1. The molecule has 1 N–H and O–H groups in total. The summed E-state index contributed by atoms with van der Waals surface area (Å²) in [6.07, 6.45) is 0. The molecule has 5 nitrogen and oxygen atoms in total. The number of ether oxygens (including phenoxy) is 1. The fraction of sp³-hybridized carbons (Fsp3) is 0.0952. The molecule has 3 aromatic carbocycles. The number of anilines is 1. The molecule has 146 valence electrons. The Balaban J connectivity index is 1.45. The molecule has 4 aromatic rings. The van der Waals surface area contributed by atoms with E-state index in [9.17, 15) is 4.79 Å². The van der Waals surface area contributed by atoms with Gasteiger partial charge in [0, 0.05) is 10.8 Å². The van der Waals surface area contributed by atoms with E-state index in [-0.39, 0.29) is 5.91 Å². The highest BCUT2D eigenvalue weighted by Gasteiger charge is 2.16. The zero-order valence-electron chi connectivity index (χ0n) is 15.4. The van der Waals surface area contributed by atoms with E-state index in [0.29, 0.717) is 21.5 Å². The third-order valence-electron chi connectivity index (χ3n) is 4.26. The van der Waals surface area contributed by atoms with Crippen molar-refractivity contribution in [2.75, 3.05) is 12.4 Å². The first-order valence-electron chi connectivity index (χ1n) is 8.72. The Kier molecular flexibility index (Phi) is 5.99. The summed E-state index contributed by atoms with van der Waals surface area (Å²) in [7, 11) is 1.51. The highest BCUT2D eigenvalue weighted by atomic mass is 35.5. The first-order valence-corrected chi connectivity index (χ1v) is 10.9. The van der Waals surface area contributed by atoms with Crippen LogP contribution in [0.5, 0.6) is 5.75 Å². The SMILES string of the molecule is COc1ccc(Cl)cc1C(=O)Nc1nnc(SCc2cccc3ccccc23)s1. The van der Waals surface area contributed by atoms with Gasteiger partial charge in [0.1, 0.15) is 5.75 Å². The predicted octanol–water partition coefficient (Wildman–Crippen LogP) is 5.90. The minimum absolute atomic E-state index is 0.342. The average Bonchev–Trinajstić information content (AvgIpc) is 3.19. The van der Waals surface area contributed by atoms with Gasteiger partial charge in [-0.2, -0.15) is 0 Å². The van der Waals surface area contributed by atoms with Crippen LogP contribution in [0.4, 0.5) is 5.13 Å². The number of fused-ring (bicyclic) bond motifs is 1. The molecule has 0 atom stereocenters. The molecule has 0 radical (unpaired) electrons. The van der Waals surface area contributed by atoms with Gasteiger partial charge in [0.15, 0.2) is 4.34 Å². The molecule has 0 aliphatic rings. The molecule has 1 aromatic heterocycles. The van der Waals surface area contributed by atoms with Crippen molar-refractivity contribution in [2.45, 2.75) is 10.1 Å². The van der Waals surface area contributed by atoms with E-state index in [4.69, 9.17) is 16.3 Å². The largest absolute Gasteiger partial charge is 0.496 e. The van der Waals surface area contributed by atoms with E-state index < -0.39 is 0 Å². The van der Waals surface area contributed by atoms with Crippen LogP contribution in [0.2, 0.25) is 5.02 Å². The van der Waals surface area contributed by atoms with Crippen LogP contribution in [0.3, 0.4) is 0 Å². The lowest BCUT2D eigenvalue weighted by Crippen LogP contribution is -2.13. The van der Waals surface area contributed by atoms with Gasteiger partial charge in [-0.3, -0.25) is 10.1 Å². The van der Waals surface area contributed by atoms with Crippen LogP contribution < -0.4 is 10.1 Å². The Hall–Kier alpha value is -2.61. The highest BCUT2D eigenvalue weighted by Crippen LogP contribution is 2.31. The van der Waals surface area contributed by atoms with Gasteiger partial charge in [-0.25, -0.2) is 0 Å². The predicted molar refractivity (Wildman–Crippen MR) is 119 cm³/mol. The quantitative estimate of drug-likeness (QED) is 0.298. The maximum Gasteiger partial charge on any atom is 0.261 e. The van der Waals surface area contributed by atoms with E-state index in [1.165, 1.54) is 34.8 Å². The zero-order chi connectivity index (χ0) is 20.2. The van der Waals surface area contributed by atoms with Crippen molar-refractivity contribution in [1.29, 1.82) is 0 Å². The lowest BCUT2D eigenvalue weighted by Gasteiger charge is -2.07. The smallest absolute Gasteiger partial charge is 0.261 e. The standard InChI is InChI=1S/C21H16ClN3O2S2/c1-27-18-10-9-15(22)11-17(18)19(26)23-20-24-25-21(29-20)28-12-14-7-4-6-13-5-2-3-8-16(13)14/h2-11H,12H2,1H3,(H,23,24,26). The van der Waals surface area contributed by atoms with Gasteiger partial charge in [-0.1, -0.05) is 77.2 Å². The van der Waals surface area contributed by atoms with Gasteiger partial charge >= 0.3 is 0 Å². The Morgan fingerprint density at radius 2 is 1.97 bits per heavy atom. The number of benzene rings is 3. The number of amides is 1. The summed E-state index contributed by atoms with van der Waals surface area (Å²) in [6.45, 7) is 0. The van der Waals surface area contributed by atoms with Gasteiger partial charge in [0.2, 0.25) is 5.13 Å². The fourth-order valence-corrected chi connectivity index (χ4v) is 4.82. The molecular formula is C21H16ClN3O2S2. The number of hydrogen-bond acceptors (Lipinski definition) is 6. The molecule has 0 bridgehead atoms. The number of carbonyl (C=O) groups is 1. The van der Waals surface area contributed by atoms with Crippen LogP contribution in [0, 0.1) is 0 Å². The molecule has 0 fully saturated rings. The zero-order valence-corrected chi connectivity index (χ0v) is 17.8. The number of aromatic nitrogens is 2. The maximum absolute atomic E-state index is 12.6. The third-order valence-corrected chi connectivity index (χ3v) is 6.52. The summed E-state index contributed by atoms with van der Waals surface area (Å²) < 4.78 is 6.01. The number of methoxy groups -OCH3 is 1. The van der Waals surface area contributed by atoms with Crippen molar-refractivity contribution >= 4 is 56.5 Å². The number of hydrogen-bond donors (Lipinski definition) is 1. The second-order valence-corrected chi connectivity index (χ2v) is 8.74. The lowest BCUT2D eigenvalue weighted by molar-refractivity contribution is 0.102. The van der Waals surface area contributed by atoms with Crippen LogP contribution in [-0.4, -0.2) is 23.2 Å². The number of rotatable bonds is 6. The summed E-state index contributed by atoms with van der Waals surface area (Å²) in [5.41, 5.74) is 1.58. The third kappa shape index (κ3) is 4.53. The molecule has 1 amide bonds. The molecule has 0 aliphatic heterocycles. The Morgan fingerprint density at radius 1 is 1.14 bits per heavy atom. The minimum atomic E-state index is -0.342. The van der Waals surface area contributed by atoms with Crippen LogP contribution in [0.1, 0.15) is 15.9 Å². The van der Waals surface area contributed by atoms with Crippen LogP contribution in [0.15, 0.2) is 65.0 Å². The van der Waals surface area contributed by atoms with Gasteiger partial charge < -0.3 is 4.74 Å². The van der Waals surface area contributed by atoms with Crippen molar-refractivity contribution < 1.29 is 9.53 Å². The monoisotopic (exact) mass is 441 g/mol. The van der Waals surface area contributed by atoms with Gasteiger partial charge in [-0.05, 0) is 34.5 Å². The van der Waals surface area contributed by atoms with Crippen molar-refractivity contribution in [1.82, 2.24) is 10.2 Å². The highest BCUT2D eigenvalue weighted by molar-refractivity contribution is 8.00. The van der Waals surface area contributed by atoms with E-state index in [1.807, 2.05) is 12.1 Å². The van der Waals surface area contributed by atoms with Crippen molar-refractivity contribution in [2.24, 2.45) is 0 Å². The second kappa shape index (κ2) is 8.82. The molecule has 0 saturated heterocycles. The lowest BCUT2D eigenvalue weighted by atomic mass is 10.1. The molecule has 1 heterocycles. The Morgan fingerprint density at radius 3 is 2.83 bits per heavy atom. The summed E-state index contributed by atoms with van der Waals surface area (Å²) in [4.78, 5) is 12.6. The average molecular weight is 442 g/mol. The first-order chi connectivity index (χ1) is 14.1. The van der Waals surface area contributed by atoms with E-state index in [2.05, 4.69) is 45.8 Å². The summed E-state index contributed by atoms with van der Waals surface area (Å²) in [6, 6.07) is 19.5. The molecule has 4 rings (SSSR count). The minimum Gasteiger partial charge on any atom is -0.496 e. The Labute approximate surface area is 181 Å². The van der Waals surface area contributed by atoms with Crippen molar-refractivity contribution in [3.63, 3.8) is 0 Å². The molecular weight excluding hydrogens is 426 g/mol. The van der Waals surface area contributed by atoms with Crippen molar-refractivity contribution in [3.8, 4) is 5.75 Å². The number of nitrogens with zero attached hydrogens (tertiary/aromatic N) is 2. The number of carbonyl (C=O) groups excluding carboxylic acids is 1. The van der Waals surface area contributed by atoms with Crippen molar-refractivity contribution in [3.05, 3.63) is 76.8 Å². The molecule has 0 aliphatic carbocycles. The Bertz CT molecular complexity index is 1170. The molecule has 0 unspecified atom stereocenters. The molecule has 29 heavy (non-hydrogen) atoms. The summed E-state index contributed by atoms with van der Waals surface area (Å²) in [5.74, 6) is 0.875.